The lowest BCUT2D eigenvalue weighted by molar-refractivity contribution is -0.136. The van der Waals surface area contributed by atoms with Gasteiger partial charge >= 0.3 is 0 Å². The van der Waals surface area contributed by atoms with Crippen molar-refractivity contribution in [3.05, 3.63) is 35.2 Å². The molecule has 1 spiro atoms. The number of piperidine rings is 3. The van der Waals surface area contributed by atoms with E-state index >= 15 is 0 Å². The van der Waals surface area contributed by atoms with Gasteiger partial charge in [-0.05, 0) is 49.5 Å². The highest BCUT2D eigenvalue weighted by molar-refractivity contribution is 6.31. The Kier molecular flexibility index (Phi) is 3.40. The third kappa shape index (κ3) is 2.55. The lowest BCUT2D eigenvalue weighted by atomic mass is 9.73. The summed E-state index contributed by atoms with van der Waals surface area (Å²) in [6.45, 7) is 3.29. The standard InChI is InChI=1S/C18H18ClFN4O/c19-14-5-11-7-16(21-9-12(11)6-15(14)20)22-17-8-18(25-23-17)10-24-3-1-13(18)2-4-24/h5-7,9,13H,1-4,8,10H2,(H,21,22,23)/t18-/m0/s1. The van der Waals surface area contributed by atoms with Crippen molar-refractivity contribution >= 4 is 34.0 Å². The first-order chi connectivity index (χ1) is 12.1. The molecule has 0 radical (unpaired) electrons. The zero-order valence-corrected chi connectivity index (χ0v) is 14.4. The summed E-state index contributed by atoms with van der Waals surface area (Å²) in [7, 11) is 0. The molecule has 6 rings (SSSR count). The molecule has 2 bridgehead atoms. The minimum Gasteiger partial charge on any atom is -0.386 e. The molecule has 5 heterocycles. The van der Waals surface area contributed by atoms with Crippen LogP contribution in [0.3, 0.4) is 0 Å². The van der Waals surface area contributed by atoms with Crippen LogP contribution >= 0.6 is 11.6 Å². The molecule has 0 unspecified atom stereocenters. The van der Waals surface area contributed by atoms with Crippen LogP contribution in [0.2, 0.25) is 5.02 Å². The molecule has 25 heavy (non-hydrogen) atoms. The van der Waals surface area contributed by atoms with E-state index in [2.05, 4.69) is 20.4 Å². The van der Waals surface area contributed by atoms with Gasteiger partial charge in [0.2, 0.25) is 0 Å². The fourth-order valence-electron chi connectivity index (χ4n) is 4.34. The number of rotatable bonds is 1. The quantitative estimate of drug-likeness (QED) is 0.843. The lowest BCUT2D eigenvalue weighted by Gasteiger charge is -2.49. The summed E-state index contributed by atoms with van der Waals surface area (Å²) in [5, 5.41) is 9.20. The molecular weight excluding hydrogens is 343 g/mol. The van der Waals surface area contributed by atoms with Crippen molar-refractivity contribution in [3.63, 3.8) is 0 Å². The molecule has 7 heteroatoms. The van der Waals surface area contributed by atoms with Gasteiger partial charge in [0.25, 0.3) is 0 Å². The maximum atomic E-state index is 13.5. The maximum Gasteiger partial charge on any atom is 0.160 e. The molecule has 2 aromatic rings. The van der Waals surface area contributed by atoms with Crippen LogP contribution in [0.4, 0.5) is 10.2 Å². The summed E-state index contributed by atoms with van der Waals surface area (Å²) in [5.41, 5.74) is -0.178. The lowest BCUT2D eigenvalue weighted by Crippen LogP contribution is -2.59. The van der Waals surface area contributed by atoms with Crippen LogP contribution in [0.5, 0.6) is 0 Å². The van der Waals surface area contributed by atoms with Crippen LogP contribution in [-0.4, -0.2) is 41.0 Å². The number of amidine groups is 1. The number of fused-ring (bicyclic) bond motifs is 3. The second-order valence-corrected chi connectivity index (χ2v) is 7.64. The van der Waals surface area contributed by atoms with Gasteiger partial charge in [-0.15, -0.1) is 0 Å². The Morgan fingerprint density at radius 1 is 1.24 bits per heavy atom. The second kappa shape index (κ2) is 5.54. The minimum atomic E-state index is -0.436. The van der Waals surface area contributed by atoms with Gasteiger partial charge in [-0.3, -0.25) is 4.90 Å². The SMILES string of the molecule is Fc1cc2cnc(NC3=NO[C@@]4(C3)CN3CCC4CC3)cc2cc1Cl. The molecule has 1 N–H and O–H groups in total. The van der Waals surface area contributed by atoms with Gasteiger partial charge in [0.15, 0.2) is 11.4 Å². The number of anilines is 1. The minimum absolute atomic E-state index is 0.109. The first-order valence-corrected chi connectivity index (χ1v) is 8.98. The van der Waals surface area contributed by atoms with Crippen molar-refractivity contribution in [1.29, 1.82) is 0 Å². The third-order valence-corrected chi connectivity index (χ3v) is 5.95. The number of hydrogen-bond donors (Lipinski definition) is 1. The van der Waals surface area contributed by atoms with Crippen molar-refractivity contribution in [2.45, 2.75) is 24.9 Å². The van der Waals surface area contributed by atoms with E-state index in [1.807, 2.05) is 6.07 Å². The Balaban J connectivity index is 1.36. The Morgan fingerprint density at radius 2 is 2.08 bits per heavy atom. The average Bonchev–Trinajstić information content (AvgIpc) is 2.99. The molecular formula is C18H18ClFN4O. The highest BCUT2D eigenvalue weighted by atomic mass is 35.5. The highest BCUT2D eigenvalue weighted by Crippen LogP contribution is 2.43. The molecule has 3 fully saturated rings. The van der Waals surface area contributed by atoms with Gasteiger partial charge < -0.3 is 10.2 Å². The summed E-state index contributed by atoms with van der Waals surface area (Å²) in [6, 6.07) is 4.86. The number of hydrogen-bond acceptors (Lipinski definition) is 5. The van der Waals surface area contributed by atoms with Crippen LogP contribution < -0.4 is 5.32 Å². The topological polar surface area (TPSA) is 49.8 Å². The normalized spacial score (nSPS) is 30.6. The summed E-state index contributed by atoms with van der Waals surface area (Å²) >= 11 is 5.88. The van der Waals surface area contributed by atoms with Gasteiger partial charge in [0.1, 0.15) is 11.6 Å². The summed E-state index contributed by atoms with van der Waals surface area (Å²) in [4.78, 5) is 12.7. The Bertz CT molecular complexity index is 881. The summed E-state index contributed by atoms with van der Waals surface area (Å²) in [5.74, 6) is 1.60. The van der Waals surface area contributed by atoms with Crippen LogP contribution in [0.15, 0.2) is 29.6 Å². The zero-order chi connectivity index (χ0) is 17.0. The Hall–Kier alpha value is -1.92. The fraction of sp³-hybridized carbons (Fsp3) is 0.444. The second-order valence-electron chi connectivity index (χ2n) is 7.23. The number of pyridine rings is 1. The number of nitrogens with one attached hydrogen (secondary N) is 1. The number of oxime groups is 1. The molecule has 0 amide bonds. The third-order valence-electron chi connectivity index (χ3n) is 5.66. The van der Waals surface area contributed by atoms with E-state index in [4.69, 9.17) is 16.4 Å². The van der Waals surface area contributed by atoms with E-state index in [1.54, 1.807) is 12.3 Å². The first kappa shape index (κ1) is 15.3. The van der Waals surface area contributed by atoms with Crippen LogP contribution in [0.1, 0.15) is 19.3 Å². The molecule has 5 nitrogen and oxygen atoms in total. The van der Waals surface area contributed by atoms with Gasteiger partial charge in [-0.2, -0.15) is 0 Å². The van der Waals surface area contributed by atoms with E-state index in [0.717, 1.165) is 24.2 Å². The number of halogens is 2. The largest absolute Gasteiger partial charge is 0.386 e. The van der Waals surface area contributed by atoms with E-state index in [9.17, 15) is 4.39 Å². The first-order valence-electron chi connectivity index (χ1n) is 8.61. The zero-order valence-electron chi connectivity index (χ0n) is 13.6. The summed E-state index contributed by atoms with van der Waals surface area (Å²) in [6.07, 6.45) is 4.78. The van der Waals surface area contributed by atoms with E-state index in [0.29, 0.717) is 17.1 Å². The number of aromatic nitrogens is 1. The van der Waals surface area contributed by atoms with Gasteiger partial charge in [0, 0.05) is 24.0 Å². The molecule has 0 saturated carbocycles. The Morgan fingerprint density at radius 3 is 2.84 bits per heavy atom. The Labute approximate surface area is 149 Å². The molecule has 1 atom stereocenters. The molecule has 3 saturated heterocycles. The molecule has 130 valence electrons. The summed E-state index contributed by atoms with van der Waals surface area (Å²) < 4.78 is 13.5. The highest BCUT2D eigenvalue weighted by Gasteiger charge is 2.52. The van der Waals surface area contributed by atoms with Crippen LogP contribution in [0, 0.1) is 11.7 Å². The van der Waals surface area contributed by atoms with E-state index in [-0.39, 0.29) is 10.6 Å². The van der Waals surface area contributed by atoms with Crippen molar-refractivity contribution < 1.29 is 9.23 Å². The molecule has 0 aliphatic carbocycles. The van der Waals surface area contributed by atoms with Gasteiger partial charge in [-0.25, -0.2) is 9.37 Å². The molecule has 1 aromatic carbocycles. The van der Waals surface area contributed by atoms with Gasteiger partial charge in [-0.1, -0.05) is 16.8 Å². The number of benzene rings is 1. The van der Waals surface area contributed by atoms with Crippen molar-refractivity contribution in [3.8, 4) is 0 Å². The smallest absolute Gasteiger partial charge is 0.160 e. The molecule has 4 aliphatic heterocycles. The van der Waals surface area contributed by atoms with Crippen molar-refractivity contribution in [2.24, 2.45) is 11.1 Å². The fourth-order valence-corrected chi connectivity index (χ4v) is 4.52. The average molecular weight is 361 g/mol. The van der Waals surface area contributed by atoms with E-state index < -0.39 is 5.82 Å². The van der Waals surface area contributed by atoms with E-state index in [1.165, 1.54) is 32.0 Å². The van der Waals surface area contributed by atoms with Crippen LogP contribution in [-0.2, 0) is 4.84 Å². The van der Waals surface area contributed by atoms with Crippen LogP contribution in [0.25, 0.3) is 10.8 Å². The van der Waals surface area contributed by atoms with Gasteiger partial charge in [0.05, 0.1) is 11.4 Å². The number of nitrogens with zero attached hydrogens (tertiary/aromatic N) is 3. The maximum absolute atomic E-state index is 13.5. The monoisotopic (exact) mass is 360 g/mol. The predicted molar refractivity (Wildman–Crippen MR) is 95.4 cm³/mol. The predicted octanol–water partition coefficient (Wildman–Crippen LogP) is 3.64. The van der Waals surface area contributed by atoms with Crippen molar-refractivity contribution in [1.82, 2.24) is 9.88 Å². The molecule has 1 aromatic heterocycles. The van der Waals surface area contributed by atoms with Crippen molar-refractivity contribution in [2.75, 3.05) is 25.0 Å². The molecule has 4 aliphatic rings.